The van der Waals surface area contributed by atoms with Crippen molar-refractivity contribution in [2.24, 2.45) is 0 Å². The number of amides is 1. The Balaban J connectivity index is 2.70. The predicted molar refractivity (Wildman–Crippen MR) is 61.5 cm³/mol. The highest BCUT2D eigenvalue weighted by molar-refractivity contribution is 5.71. The second kappa shape index (κ2) is 4.87. The van der Waals surface area contributed by atoms with Gasteiger partial charge in [-0.2, -0.15) is 13.2 Å². The van der Waals surface area contributed by atoms with Crippen LogP contribution in [0.1, 0.15) is 11.1 Å². The summed E-state index contributed by atoms with van der Waals surface area (Å²) >= 11 is 0. The Kier molecular flexibility index (Phi) is 3.39. The second-order valence-electron chi connectivity index (χ2n) is 3.94. The maximum atomic E-state index is 12.9. The second-order valence-corrected chi connectivity index (χ2v) is 3.94. The Bertz CT molecular complexity index is 677. The zero-order valence-electron chi connectivity index (χ0n) is 9.82. The molecule has 0 aromatic rings. The summed E-state index contributed by atoms with van der Waals surface area (Å²) in [4.78, 5) is 22.1. The monoisotopic (exact) mass is 287 g/mol. The first-order valence-electron chi connectivity index (χ1n) is 5.37. The minimum atomic E-state index is -4.75. The van der Waals surface area contributed by atoms with E-state index in [9.17, 15) is 22.8 Å². The van der Waals surface area contributed by atoms with E-state index in [2.05, 4.69) is 0 Å². The fourth-order valence-corrected chi connectivity index (χ4v) is 1.87. The Hall–Kier alpha value is -2.51. The molecule has 5 nitrogen and oxygen atoms in total. The largest absolute Gasteiger partial charge is 0.472 e. The van der Waals surface area contributed by atoms with Gasteiger partial charge >= 0.3 is 12.3 Å². The lowest BCUT2D eigenvalue weighted by atomic mass is 9.94. The molecule has 8 heteroatoms. The minimum absolute atomic E-state index is 0.00447. The van der Waals surface area contributed by atoms with Crippen LogP contribution in [0.5, 0.6) is 0 Å². The van der Waals surface area contributed by atoms with Gasteiger partial charge < -0.3 is 14.8 Å². The van der Waals surface area contributed by atoms with Gasteiger partial charge in [0.15, 0.2) is 5.43 Å². The molecule has 0 aromatic carbocycles. The summed E-state index contributed by atoms with van der Waals surface area (Å²) in [6, 6.07) is 1.64. The average Bonchev–Trinajstić information content (AvgIpc) is 2.36. The predicted octanol–water partition coefficient (Wildman–Crippen LogP) is 2.53. The topological polar surface area (TPSA) is 79.5 Å². The number of alkyl halides is 3. The van der Waals surface area contributed by atoms with Crippen LogP contribution in [0.3, 0.4) is 0 Å². The molecule has 0 radical (unpaired) electrons. The first-order valence-corrected chi connectivity index (χ1v) is 5.37. The summed E-state index contributed by atoms with van der Waals surface area (Å²) in [6.07, 6.45) is -4.07. The molecule has 1 aliphatic heterocycles. The molecule has 0 aromatic heterocycles. The van der Waals surface area contributed by atoms with Crippen LogP contribution in [-0.2, 0) is 12.7 Å². The number of hydrogen-bond acceptors (Lipinski definition) is 3. The molecule has 106 valence electrons. The number of halogens is 3. The van der Waals surface area contributed by atoms with Crippen LogP contribution < -0.4 is 10.7 Å². The van der Waals surface area contributed by atoms with Gasteiger partial charge in [-0.3, -0.25) is 4.79 Å². The molecule has 0 saturated heterocycles. The quantitative estimate of drug-likeness (QED) is 0.889. The summed E-state index contributed by atoms with van der Waals surface area (Å²) in [6.45, 7) is -0.565. The molecule has 0 atom stereocenters. The SMILES string of the molecule is O=C(O)NCc1c2ccocc-2c(=O)cc1C(F)(F)F. The molecule has 0 bridgehead atoms. The third kappa shape index (κ3) is 2.58. The summed E-state index contributed by atoms with van der Waals surface area (Å²) in [5.74, 6) is 0. The molecule has 0 fully saturated rings. The molecule has 1 heterocycles. The first kappa shape index (κ1) is 13.9. The van der Waals surface area contributed by atoms with Crippen LogP contribution in [0.4, 0.5) is 18.0 Å². The van der Waals surface area contributed by atoms with Gasteiger partial charge in [-0.25, -0.2) is 4.79 Å². The van der Waals surface area contributed by atoms with Crippen LogP contribution in [0.15, 0.2) is 33.9 Å². The van der Waals surface area contributed by atoms with Crippen molar-refractivity contribution in [3.05, 3.63) is 46.0 Å². The van der Waals surface area contributed by atoms with E-state index in [1.165, 1.54) is 6.07 Å². The summed E-state index contributed by atoms with van der Waals surface area (Å²) < 4.78 is 43.6. The van der Waals surface area contributed by atoms with E-state index < -0.39 is 29.8 Å². The number of carbonyl (C=O) groups is 1. The molecule has 20 heavy (non-hydrogen) atoms. The molecular formula is C12H8F3NO4. The molecule has 1 amide bonds. The van der Waals surface area contributed by atoms with E-state index in [-0.39, 0.29) is 16.7 Å². The highest BCUT2D eigenvalue weighted by Crippen LogP contribution is 2.36. The van der Waals surface area contributed by atoms with E-state index in [0.29, 0.717) is 6.07 Å². The molecule has 0 unspecified atom stereocenters. The van der Waals surface area contributed by atoms with Crippen LogP contribution >= 0.6 is 0 Å². The number of nitrogens with one attached hydrogen (secondary N) is 1. The number of benzene rings is 1. The van der Waals surface area contributed by atoms with Gasteiger partial charge in [0.2, 0.25) is 0 Å². The molecule has 1 aliphatic carbocycles. The smallest absolute Gasteiger partial charge is 0.416 e. The highest BCUT2D eigenvalue weighted by atomic mass is 19.4. The number of fused-ring (bicyclic) bond motifs is 1. The maximum Gasteiger partial charge on any atom is 0.416 e. The lowest BCUT2D eigenvalue weighted by Gasteiger charge is -2.17. The molecule has 0 spiro atoms. The highest BCUT2D eigenvalue weighted by Gasteiger charge is 2.36. The molecule has 2 rings (SSSR count). The van der Waals surface area contributed by atoms with Crippen molar-refractivity contribution in [3.8, 4) is 11.1 Å². The zero-order chi connectivity index (χ0) is 14.9. The van der Waals surface area contributed by atoms with Crippen molar-refractivity contribution in [2.45, 2.75) is 12.7 Å². The third-order valence-corrected chi connectivity index (χ3v) is 2.70. The fourth-order valence-electron chi connectivity index (χ4n) is 1.87. The van der Waals surface area contributed by atoms with Gasteiger partial charge in [0.25, 0.3) is 0 Å². The van der Waals surface area contributed by atoms with E-state index >= 15 is 0 Å². The summed E-state index contributed by atoms with van der Waals surface area (Å²) in [5.41, 5.74) is -2.34. The van der Waals surface area contributed by atoms with E-state index in [4.69, 9.17) is 9.52 Å². The van der Waals surface area contributed by atoms with E-state index in [1.54, 1.807) is 0 Å². The Morgan fingerprint density at radius 3 is 2.65 bits per heavy atom. The number of hydrogen-bond donors (Lipinski definition) is 2. The molecule has 0 saturated carbocycles. The first-order chi connectivity index (χ1) is 9.30. The zero-order valence-corrected chi connectivity index (χ0v) is 9.82. The molecule has 2 N–H and O–H groups in total. The Morgan fingerprint density at radius 2 is 2.05 bits per heavy atom. The van der Waals surface area contributed by atoms with Gasteiger partial charge in [-0.1, -0.05) is 0 Å². The van der Waals surface area contributed by atoms with Gasteiger partial charge in [0.1, 0.15) is 6.26 Å². The van der Waals surface area contributed by atoms with Gasteiger partial charge in [0.05, 0.1) is 17.4 Å². The molecular weight excluding hydrogens is 279 g/mol. The summed E-state index contributed by atoms with van der Waals surface area (Å²) in [7, 11) is 0. The number of rotatable bonds is 2. The van der Waals surface area contributed by atoms with Gasteiger partial charge in [0, 0.05) is 6.54 Å². The minimum Gasteiger partial charge on any atom is -0.472 e. The van der Waals surface area contributed by atoms with Crippen molar-refractivity contribution in [1.29, 1.82) is 0 Å². The van der Waals surface area contributed by atoms with Crippen LogP contribution in [0.2, 0.25) is 0 Å². The van der Waals surface area contributed by atoms with E-state index in [0.717, 1.165) is 12.5 Å². The van der Waals surface area contributed by atoms with Crippen molar-refractivity contribution in [1.82, 2.24) is 5.32 Å². The van der Waals surface area contributed by atoms with E-state index in [1.807, 2.05) is 5.32 Å². The standard InChI is InChI=1S/C12H8F3NO4/c13-12(14,15)9-3-10(17)8-5-20-2-1-6(8)7(9)4-16-11(18)19/h1-3,5,16H,4H2,(H,18,19). The Labute approximate surface area is 110 Å². The molecule has 2 aliphatic rings. The average molecular weight is 287 g/mol. The van der Waals surface area contributed by atoms with Crippen molar-refractivity contribution in [3.63, 3.8) is 0 Å². The van der Waals surface area contributed by atoms with Crippen molar-refractivity contribution >= 4 is 6.09 Å². The van der Waals surface area contributed by atoms with Crippen LogP contribution in [0, 0.1) is 0 Å². The summed E-state index contributed by atoms with van der Waals surface area (Å²) in [5, 5.41) is 10.4. The third-order valence-electron chi connectivity index (χ3n) is 2.70. The van der Waals surface area contributed by atoms with Crippen molar-refractivity contribution in [2.75, 3.05) is 0 Å². The van der Waals surface area contributed by atoms with Crippen LogP contribution in [-0.4, -0.2) is 11.2 Å². The Morgan fingerprint density at radius 1 is 1.35 bits per heavy atom. The maximum absolute atomic E-state index is 12.9. The lowest BCUT2D eigenvalue weighted by Crippen LogP contribution is -2.25. The fraction of sp³-hybridized carbons (Fsp3) is 0.167. The van der Waals surface area contributed by atoms with Gasteiger partial charge in [-0.05, 0) is 23.3 Å². The lowest BCUT2D eigenvalue weighted by molar-refractivity contribution is -0.138. The normalized spacial score (nSPS) is 11.6. The van der Waals surface area contributed by atoms with Crippen LogP contribution in [0.25, 0.3) is 11.1 Å². The van der Waals surface area contributed by atoms with Gasteiger partial charge in [-0.15, -0.1) is 0 Å². The number of carboxylic acid groups (broad SMARTS) is 1. The van der Waals surface area contributed by atoms with Crippen molar-refractivity contribution < 1.29 is 27.5 Å².